The molecule has 0 aliphatic heterocycles. The summed E-state index contributed by atoms with van der Waals surface area (Å²) in [5, 5.41) is 9.46. The lowest BCUT2D eigenvalue weighted by molar-refractivity contribution is -0.347. The third kappa shape index (κ3) is 6.23. The summed E-state index contributed by atoms with van der Waals surface area (Å²) in [5.41, 5.74) is -0.681. The van der Waals surface area contributed by atoms with Crippen LogP contribution in [0.3, 0.4) is 0 Å². The van der Waals surface area contributed by atoms with E-state index >= 15 is 0 Å². The first-order valence-electron chi connectivity index (χ1n) is 13.2. The van der Waals surface area contributed by atoms with Gasteiger partial charge in [0.25, 0.3) is 12.1 Å². The third-order valence-electron chi connectivity index (χ3n) is 7.85. The van der Waals surface area contributed by atoms with E-state index in [0.29, 0.717) is 30.0 Å². The number of rotatable bonds is 10. The number of carbonyl (C=O) groups is 1. The number of ether oxygens (including phenoxy) is 1. The zero-order chi connectivity index (χ0) is 31.5. The predicted molar refractivity (Wildman–Crippen MR) is 146 cm³/mol. The van der Waals surface area contributed by atoms with E-state index in [1.807, 2.05) is 39.0 Å². The van der Waals surface area contributed by atoms with Crippen molar-refractivity contribution in [3.05, 3.63) is 99.9 Å². The number of halogens is 7. The van der Waals surface area contributed by atoms with Gasteiger partial charge in [0.05, 0.1) is 0 Å². The van der Waals surface area contributed by atoms with Gasteiger partial charge in [-0.3, -0.25) is 4.79 Å². The highest BCUT2D eigenvalue weighted by molar-refractivity contribution is 5.69. The van der Waals surface area contributed by atoms with Crippen molar-refractivity contribution in [1.29, 1.82) is 0 Å². The topological polar surface area (TPSA) is 46.5 Å². The Balaban J connectivity index is 2.00. The molecule has 0 aliphatic carbocycles. The molecule has 0 atom stereocenters. The van der Waals surface area contributed by atoms with Crippen molar-refractivity contribution in [2.24, 2.45) is 0 Å². The van der Waals surface area contributed by atoms with Gasteiger partial charge in [-0.05, 0) is 77.8 Å². The summed E-state index contributed by atoms with van der Waals surface area (Å²) in [6.45, 7) is 7.50. The maximum Gasteiger partial charge on any atom is 0.430 e. The number of aliphatic hydroxyl groups is 1. The van der Waals surface area contributed by atoms with Crippen molar-refractivity contribution >= 4 is 12.5 Å². The molecule has 1 N–H and O–H groups in total. The third-order valence-corrected chi connectivity index (χ3v) is 7.85. The second kappa shape index (κ2) is 12.3. The number of hydrogen-bond donors (Lipinski definition) is 1. The maximum atomic E-state index is 14.6. The molecule has 0 fully saturated rings. The molecule has 0 aliphatic rings. The summed E-state index contributed by atoms with van der Waals surface area (Å²) >= 11 is 0. The number of alkyl halides is 6. The van der Waals surface area contributed by atoms with Crippen LogP contribution in [0.1, 0.15) is 60.1 Å². The number of benzene rings is 3. The molecule has 3 nitrogen and oxygen atoms in total. The van der Waals surface area contributed by atoms with Gasteiger partial charge >= 0.3 is 12.4 Å². The zero-order valence-electron chi connectivity index (χ0n) is 23.5. The molecule has 3 aromatic carbocycles. The van der Waals surface area contributed by atoms with Crippen LogP contribution in [0.2, 0.25) is 0 Å². The van der Waals surface area contributed by atoms with Crippen LogP contribution >= 0.6 is 0 Å². The highest BCUT2D eigenvalue weighted by Gasteiger charge is 2.68. The van der Waals surface area contributed by atoms with E-state index in [1.165, 1.54) is 12.1 Å². The summed E-state index contributed by atoms with van der Waals surface area (Å²) in [6.07, 6.45) is -10.3. The highest BCUT2D eigenvalue weighted by Crippen LogP contribution is 2.45. The molecule has 0 heterocycles. The van der Waals surface area contributed by atoms with E-state index < -0.39 is 29.2 Å². The summed E-state index contributed by atoms with van der Waals surface area (Å²) in [4.78, 5) is 10.4. The van der Waals surface area contributed by atoms with Crippen LogP contribution in [-0.2, 0) is 21.6 Å². The van der Waals surface area contributed by atoms with E-state index in [1.54, 1.807) is 31.2 Å². The van der Waals surface area contributed by atoms with Crippen molar-refractivity contribution in [3.8, 4) is 11.1 Å². The molecule has 0 aromatic heterocycles. The van der Waals surface area contributed by atoms with Gasteiger partial charge in [-0.1, -0.05) is 68.5 Å². The monoisotopic (exact) mass is 596 g/mol. The number of hydrogen-bond acceptors (Lipinski definition) is 3. The van der Waals surface area contributed by atoms with E-state index in [-0.39, 0.29) is 30.3 Å². The summed E-state index contributed by atoms with van der Waals surface area (Å²) in [6, 6.07) is 15.3. The van der Waals surface area contributed by atoms with Gasteiger partial charge in [0.2, 0.25) is 0 Å². The fourth-order valence-electron chi connectivity index (χ4n) is 5.19. The van der Waals surface area contributed by atoms with Crippen LogP contribution in [0.5, 0.6) is 0 Å². The van der Waals surface area contributed by atoms with Crippen LogP contribution in [-0.4, -0.2) is 29.5 Å². The Morgan fingerprint density at radius 1 is 0.810 bits per heavy atom. The second-order valence-electron chi connectivity index (χ2n) is 10.2. The normalized spacial score (nSPS) is 13.0. The van der Waals surface area contributed by atoms with Gasteiger partial charge in [0.1, 0.15) is 12.4 Å². The van der Waals surface area contributed by atoms with Gasteiger partial charge in [0.15, 0.2) is 0 Å². The van der Waals surface area contributed by atoms with Crippen molar-refractivity contribution in [1.82, 2.24) is 0 Å². The van der Waals surface area contributed by atoms with Gasteiger partial charge in [-0.2, -0.15) is 26.3 Å². The van der Waals surface area contributed by atoms with Crippen molar-refractivity contribution < 1.29 is 45.4 Å². The Morgan fingerprint density at radius 2 is 1.38 bits per heavy atom. The van der Waals surface area contributed by atoms with Crippen LogP contribution in [0.25, 0.3) is 17.2 Å². The Morgan fingerprint density at radius 3 is 1.86 bits per heavy atom. The largest absolute Gasteiger partial charge is 0.463 e. The molecular formula is C32H31F7O3. The molecule has 10 heteroatoms. The minimum atomic E-state index is -5.95. The standard InChI is InChI=1S/C32H31F7O3/c1-5-29(6-2,25-10-9-22(20(3)15-25)13-14-30(41,31(34,35)36)32(37,38)39)26-11-12-27(21(4)16-26)23-7-8-24(18-42-19-40)28(33)17-23/h7-17,19,41H,5-6,18H2,1-4H3. The molecule has 0 unspecified atom stereocenters. The molecule has 0 spiro atoms. The zero-order valence-corrected chi connectivity index (χ0v) is 23.5. The lowest BCUT2D eigenvalue weighted by Crippen LogP contribution is -2.55. The lowest BCUT2D eigenvalue weighted by atomic mass is 9.69. The van der Waals surface area contributed by atoms with Crippen LogP contribution in [0.15, 0.2) is 60.7 Å². The summed E-state index contributed by atoms with van der Waals surface area (Å²) in [5.74, 6) is -0.511. The quantitative estimate of drug-likeness (QED) is 0.188. The lowest BCUT2D eigenvalue weighted by Gasteiger charge is -2.34. The maximum absolute atomic E-state index is 14.6. The van der Waals surface area contributed by atoms with Gasteiger partial charge < -0.3 is 9.84 Å². The molecule has 0 saturated heterocycles. The van der Waals surface area contributed by atoms with Crippen LogP contribution in [0.4, 0.5) is 30.7 Å². The molecule has 42 heavy (non-hydrogen) atoms. The van der Waals surface area contributed by atoms with Gasteiger partial charge in [0, 0.05) is 11.0 Å². The van der Waals surface area contributed by atoms with Gasteiger partial charge in [-0.25, -0.2) is 4.39 Å². The summed E-state index contributed by atoms with van der Waals surface area (Å²) in [7, 11) is 0. The minimum absolute atomic E-state index is 0.0994. The molecule has 0 radical (unpaired) electrons. The Labute approximate surface area is 239 Å². The fraction of sp³-hybridized carbons (Fsp3) is 0.344. The second-order valence-corrected chi connectivity index (χ2v) is 10.2. The minimum Gasteiger partial charge on any atom is -0.463 e. The molecule has 0 bridgehead atoms. The Hall–Kier alpha value is -3.66. The van der Waals surface area contributed by atoms with Crippen molar-refractivity contribution in [2.45, 2.75) is 70.5 Å². The number of carbonyl (C=O) groups excluding carboxylic acids is 1. The van der Waals surface area contributed by atoms with Gasteiger partial charge in [-0.15, -0.1) is 0 Å². The van der Waals surface area contributed by atoms with Crippen LogP contribution < -0.4 is 0 Å². The SMILES string of the molecule is CCC(CC)(c1ccc(C=CC(O)(C(F)(F)F)C(F)(F)F)c(C)c1)c1ccc(-c2ccc(COC=O)c(F)c2)c(C)c1. The predicted octanol–water partition coefficient (Wildman–Crippen LogP) is 8.76. The molecule has 3 aromatic rings. The van der Waals surface area contributed by atoms with Crippen molar-refractivity contribution in [2.75, 3.05) is 0 Å². The molecule has 0 amide bonds. The van der Waals surface area contributed by atoms with Crippen molar-refractivity contribution in [3.63, 3.8) is 0 Å². The highest BCUT2D eigenvalue weighted by atomic mass is 19.4. The van der Waals surface area contributed by atoms with E-state index in [0.717, 1.165) is 22.3 Å². The van der Waals surface area contributed by atoms with Crippen LogP contribution in [0, 0.1) is 19.7 Å². The molecule has 226 valence electrons. The molecular weight excluding hydrogens is 565 g/mol. The average molecular weight is 597 g/mol. The number of aryl methyl sites for hydroxylation is 2. The first kappa shape index (κ1) is 32.8. The van der Waals surface area contributed by atoms with E-state index in [4.69, 9.17) is 0 Å². The Kier molecular flexibility index (Phi) is 9.61. The first-order valence-corrected chi connectivity index (χ1v) is 13.2. The molecule has 0 saturated carbocycles. The smallest absolute Gasteiger partial charge is 0.430 e. The first-order chi connectivity index (χ1) is 19.5. The summed E-state index contributed by atoms with van der Waals surface area (Å²) < 4.78 is 97.8. The van der Waals surface area contributed by atoms with E-state index in [9.17, 15) is 40.6 Å². The van der Waals surface area contributed by atoms with E-state index in [2.05, 4.69) is 4.74 Å². The molecule has 3 rings (SSSR count). The Bertz CT molecular complexity index is 1440. The average Bonchev–Trinajstić information content (AvgIpc) is 2.91. The fourth-order valence-corrected chi connectivity index (χ4v) is 5.19.